The molecule has 0 atom stereocenters. The number of benzene rings is 1. The second-order valence-corrected chi connectivity index (χ2v) is 7.75. The third-order valence-electron chi connectivity index (χ3n) is 5.27. The first-order valence-corrected chi connectivity index (χ1v) is 10.5. The van der Waals surface area contributed by atoms with E-state index in [0.29, 0.717) is 28.6 Å². The topological polar surface area (TPSA) is 147 Å². The van der Waals surface area contributed by atoms with Gasteiger partial charge in [-0.25, -0.2) is 19.6 Å². The molecule has 11 nitrogen and oxygen atoms in total. The number of rotatable bonds is 6. The summed E-state index contributed by atoms with van der Waals surface area (Å²) in [6.45, 7) is 1.88. The average molecular weight is 447 g/mol. The van der Waals surface area contributed by atoms with Crippen LogP contribution in [0.1, 0.15) is 24.8 Å². The summed E-state index contributed by atoms with van der Waals surface area (Å²) in [6, 6.07) is 8.77. The Labute approximate surface area is 187 Å². The molecule has 0 bridgehead atoms. The summed E-state index contributed by atoms with van der Waals surface area (Å²) in [6.07, 6.45) is 5.81. The number of aryl methyl sites for hydroxylation is 1. The van der Waals surface area contributed by atoms with E-state index in [-0.39, 0.29) is 11.9 Å². The van der Waals surface area contributed by atoms with Crippen molar-refractivity contribution in [2.45, 2.75) is 32.2 Å². The number of ether oxygens (including phenoxy) is 1. The van der Waals surface area contributed by atoms with Crippen LogP contribution >= 0.6 is 0 Å². The number of nitrogens with zero attached hydrogens (tertiary/aromatic N) is 3. The minimum absolute atomic E-state index is 0.198. The van der Waals surface area contributed by atoms with Crippen molar-refractivity contribution in [2.24, 2.45) is 0 Å². The predicted molar refractivity (Wildman–Crippen MR) is 121 cm³/mol. The molecule has 1 amide bonds. The van der Waals surface area contributed by atoms with Gasteiger partial charge in [-0.1, -0.05) is 0 Å². The first-order chi connectivity index (χ1) is 16.0. The highest BCUT2D eigenvalue weighted by Gasteiger charge is 2.20. The van der Waals surface area contributed by atoms with E-state index < -0.39 is 11.8 Å². The van der Waals surface area contributed by atoms with Crippen LogP contribution in [0.5, 0.6) is 5.88 Å². The minimum Gasteiger partial charge on any atom is -0.408 e. The monoisotopic (exact) mass is 447 g/mol. The number of aromatic amines is 1. The molecule has 0 radical (unpaired) electrons. The molecule has 3 aromatic heterocycles. The number of nitrogens with one attached hydrogen (secondary N) is 4. The van der Waals surface area contributed by atoms with E-state index in [4.69, 9.17) is 9.15 Å². The van der Waals surface area contributed by atoms with Crippen LogP contribution in [0, 0.1) is 6.92 Å². The number of H-pyrrole nitrogens is 1. The van der Waals surface area contributed by atoms with Gasteiger partial charge in [0, 0.05) is 29.6 Å². The first-order valence-electron chi connectivity index (χ1n) is 10.5. The molecule has 168 valence electrons. The number of hydrogen-bond donors (Lipinski definition) is 4. The molecular formula is C22H21N7O4. The number of oxazole rings is 1. The molecule has 33 heavy (non-hydrogen) atoms. The van der Waals surface area contributed by atoms with Gasteiger partial charge in [0.1, 0.15) is 5.82 Å². The van der Waals surface area contributed by atoms with E-state index in [1.54, 1.807) is 36.5 Å². The Kier molecular flexibility index (Phi) is 5.35. The van der Waals surface area contributed by atoms with Crippen LogP contribution in [0.2, 0.25) is 0 Å². The lowest BCUT2D eigenvalue weighted by Crippen LogP contribution is -2.41. The average Bonchev–Trinajstić information content (AvgIpc) is 3.14. The first kappa shape index (κ1) is 20.5. The maximum atomic E-state index is 11.8. The van der Waals surface area contributed by atoms with Crippen LogP contribution in [0.4, 0.5) is 27.9 Å². The maximum absolute atomic E-state index is 11.8. The van der Waals surface area contributed by atoms with Crippen molar-refractivity contribution >= 4 is 40.3 Å². The van der Waals surface area contributed by atoms with E-state index >= 15 is 0 Å². The third kappa shape index (κ3) is 4.76. The Morgan fingerprint density at radius 3 is 2.73 bits per heavy atom. The summed E-state index contributed by atoms with van der Waals surface area (Å²) in [5.41, 5.74) is 3.27. The van der Waals surface area contributed by atoms with Gasteiger partial charge in [0.2, 0.25) is 11.8 Å². The van der Waals surface area contributed by atoms with Crippen molar-refractivity contribution in [3.8, 4) is 5.88 Å². The van der Waals surface area contributed by atoms with E-state index in [9.17, 15) is 9.59 Å². The molecule has 0 spiro atoms. The van der Waals surface area contributed by atoms with Gasteiger partial charge in [-0.05, 0) is 50.5 Å². The van der Waals surface area contributed by atoms with Crippen molar-refractivity contribution in [3.05, 3.63) is 58.8 Å². The molecule has 1 aliphatic carbocycles. The second kappa shape index (κ2) is 8.61. The number of pyridine rings is 1. The van der Waals surface area contributed by atoms with Gasteiger partial charge in [-0.2, -0.15) is 4.98 Å². The lowest BCUT2D eigenvalue weighted by molar-refractivity contribution is 0.186. The molecule has 4 aromatic rings. The summed E-state index contributed by atoms with van der Waals surface area (Å²) in [5, 5.41) is 9.09. The van der Waals surface area contributed by atoms with Crippen LogP contribution in [0.25, 0.3) is 11.1 Å². The van der Waals surface area contributed by atoms with Crippen molar-refractivity contribution in [1.82, 2.24) is 25.3 Å². The number of carbonyl (C=O) groups is 1. The molecule has 11 heteroatoms. The van der Waals surface area contributed by atoms with Gasteiger partial charge < -0.3 is 25.1 Å². The fourth-order valence-electron chi connectivity index (χ4n) is 3.28. The van der Waals surface area contributed by atoms with E-state index in [0.717, 1.165) is 30.5 Å². The van der Waals surface area contributed by atoms with Gasteiger partial charge in [0.15, 0.2) is 5.58 Å². The normalized spacial score (nSPS) is 13.4. The zero-order chi connectivity index (χ0) is 22.8. The fraction of sp³-hybridized carbons (Fsp3) is 0.227. The lowest BCUT2D eigenvalue weighted by Gasteiger charge is -2.25. The van der Waals surface area contributed by atoms with Gasteiger partial charge in [-0.15, -0.1) is 0 Å². The Bertz CT molecular complexity index is 1360. The van der Waals surface area contributed by atoms with E-state index in [1.165, 1.54) is 6.20 Å². The van der Waals surface area contributed by atoms with Gasteiger partial charge >= 0.3 is 11.8 Å². The fourth-order valence-corrected chi connectivity index (χ4v) is 3.28. The summed E-state index contributed by atoms with van der Waals surface area (Å²) in [5.74, 6) is 0.658. The summed E-state index contributed by atoms with van der Waals surface area (Å²) < 4.78 is 10.2. The highest BCUT2D eigenvalue weighted by atomic mass is 16.6. The van der Waals surface area contributed by atoms with Gasteiger partial charge in [0.25, 0.3) is 0 Å². The quantitative estimate of drug-likeness (QED) is 0.347. The number of fused-ring (bicyclic) bond motifs is 1. The van der Waals surface area contributed by atoms with Crippen LogP contribution in [-0.4, -0.2) is 32.1 Å². The number of anilines is 4. The smallest absolute Gasteiger partial charge is 0.408 e. The summed E-state index contributed by atoms with van der Waals surface area (Å²) in [4.78, 5) is 38.8. The predicted octanol–water partition coefficient (Wildman–Crippen LogP) is 3.74. The Morgan fingerprint density at radius 2 is 1.97 bits per heavy atom. The molecule has 1 fully saturated rings. The molecule has 0 unspecified atom stereocenters. The van der Waals surface area contributed by atoms with Crippen LogP contribution in [0.15, 0.2) is 51.9 Å². The van der Waals surface area contributed by atoms with Crippen molar-refractivity contribution < 1.29 is 13.9 Å². The third-order valence-corrected chi connectivity index (χ3v) is 5.27. The summed E-state index contributed by atoms with van der Waals surface area (Å²) >= 11 is 0. The molecule has 0 saturated heterocycles. The number of aromatic nitrogens is 4. The van der Waals surface area contributed by atoms with E-state index in [1.807, 2.05) is 6.92 Å². The Morgan fingerprint density at radius 1 is 1.12 bits per heavy atom. The highest BCUT2D eigenvalue weighted by molar-refractivity contribution is 5.78. The van der Waals surface area contributed by atoms with Crippen LogP contribution in [-0.2, 0) is 0 Å². The van der Waals surface area contributed by atoms with Crippen LogP contribution < -0.4 is 26.4 Å². The van der Waals surface area contributed by atoms with Gasteiger partial charge in [0.05, 0.1) is 17.4 Å². The molecule has 5 rings (SSSR count). The minimum atomic E-state index is -0.504. The lowest BCUT2D eigenvalue weighted by atomic mass is 9.93. The van der Waals surface area contributed by atoms with Gasteiger partial charge in [-0.3, -0.25) is 4.98 Å². The van der Waals surface area contributed by atoms with Crippen LogP contribution in [0.3, 0.4) is 0 Å². The largest absolute Gasteiger partial charge is 0.417 e. The zero-order valence-electron chi connectivity index (χ0n) is 17.7. The SMILES string of the molecule is Cc1cnc(Nc2ccc(OC(=O)NC3CCC3)nc2)nc1Nc1ccc2oc(=O)[nH]c2c1. The second-order valence-electron chi connectivity index (χ2n) is 7.75. The van der Waals surface area contributed by atoms with Crippen molar-refractivity contribution in [1.29, 1.82) is 0 Å². The Hall–Kier alpha value is -4.41. The molecule has 0 aliphatic heterocycles. The number of carbonyl (C=O) groups excluding carboxylic acids is 1. The maximum Gasteiger partial charge on any atom is 0.417 e. The number of hydrogen-bond acceptors (Lipinski definition) is 9. The van der Waals surface area contributed by atoms with Crippen molar-refractivity contribution in [3.63, 3.8) is 0 Å². The van der Waals surface area contributed by atoms with E-state index in [2.05, 4.69) is 35.9 Å². The number of amides is 1. The molecule has 1 saturated carbocycles. The summed E-state index contributed by atoms with van der Waals surface area (Å²) in [7, 11) is 0. The molecule has 3 heterocycles. The highest BCUT2D eigenvalue weighted by Crippen LogP contribution is 2.24. The zero-order valence-corrected chi connectivity index (χ0v) is 17.7. The molecule has 1 aromatic carbocycles. The standard InChI is InChI=1S/C22H21N7O4/c1-12-10-24-20(29-19(12)25-14-5-7-17-16(9-14)28-22(31)32-17)26-15-6-8-18(23-11-15)33-21(30)27-13-3-2-4-13/h5-11,13H,2-4H2,1H3,(H,27,30)(H,28,31)(H2,24,25,26,29). The molecule has 4 N–H and O–H groups in total. The molecular weight excluding hydrogens is 426 g/mol. The Balaban J connectivity index is 1.25. The van der Waals surface area contributed by atoms with Crippen molar-refractivity contribution in [2.75, 3.05) is 10.6 Å². The molecule has 1 aliphatic rings.